The zero-order valence-electron chi connectivity index (χ0n) is 6.86. The van der Waals surface area contributed by atoms with Crippen molar-refractivity contribution in [1.29, 1.82) is 0 Å². The summed E-state index contributed by atoms with van der Waals surface area (Å²) in [6, 6.07) is 0.323. The monoisotopic (exact) mass is 185 g/mol. The van der Waals surface area contributed by atoms with E-state index in [1.54, 1.807) is 0 Å². The third-order valence-corrected chi connectivity index (χ3v) is 2.64. The summed E-state index contributed by atoms with van der Waals surface area (Å²) in [6.07, 6.45) is 2.16. The van der Waals surface area contributed by atoms with Crippen LogP contribution in [0, 0.1) is 6.92 Å². The van der Waals surface area contributed by atoms with Crippen LogP contribution in [0.25, 0.3) is 0 Å². The molecule has 0 bridgehead atoms. The molecule has 2 N–H and O–H groups in total. The Morgan fingerprint density at radius 1 is 1.50 bits per heavy atom. The van der Waals surface area contributed by atoms with Crippen molar-refractivity contribution in [3.8, 4) is 5.19 Å². The molecule has 0 atom stereocenters. The molecule has 0 spiro atoms. The normalized spacial score (nSPS) is 28.2. The first kappa shape index (κ1) is 7.94. The molecule has 5 heteroatoms. The predicted molar refractivity (Wildman–Crippen MR) is 46.3 cm³/mol. The van der Waals surface area contributed by atoms with Gasteiger partial charge in [-0.25, -0.2) is 0 Å². The van der Waals surface area contributed by atoms with Gasteiger partial charge in [0.15, 0.2) is 0 Å². The third kappa shape index (κ3) is 1.56. The van der Waals surface area contributed by atoms with Gasteiger partial charge in [-0.3, -0.25) is 0 Å². The highest BCUT2D eigenvalue weighted by molar-refractivity contribution is 7.12. The van der Waals surface area contributed by atoms with Crippen LogP contribution >= 0.6 is 11.3 Å². The van der Waals surface area contributed by atoms with E-state index in [-0.39, 0.29) is 6.10 Å². The smallest absolute Gasteiger partial charge is 0.294 e. The summed E-state index contributed by atoms with van der Waals surface area (Å²) in [6.45, 7) is 1.91. The lowest BCUT2D eigenvalue weighted by molar-refractivity contribution is 0.0997. The molecule has 12 heavy (non-hydrogen) atoms. The van der Waals surface area contributed by atoms with E-state index in [0.29, 0.717) is 11.2 Å². The van der Waals surface area contributed by atoms with Crippen LogP contribution in [0.15, 0.2) is 0 Å². The number of aromatic nitrogens is 2. The van der Waals surface area contributed by atoms with Gasteiger partial charge in [0, 0.05) is 6.04 Å². The van der Waals surface area contributed by atoms with Crippen LogP contribution in [0.4, 0.5) is 0 Å². The Bertz CT molecular complexity index is 269. The van der Waals surface area contributed by atoms with Crippen molar-refractivity contribution in [3.05, 3.63) is 5.01 Å². The molecular formula is C7H11N3OS. The second-order valence-corrected chi connectivity index (χ2v) is 4.20. The zero-order chi connectivity index (χ0) is 8.55. The van der Waals surface area contributed by atoms with Gasteiger partial charge in [0.25, 0.3) is 5.19 Å². The summed E-state index contributed by atoms with van der Waals surface area (Å²) >= 11 is 1.48. The second kappa shape index (κ2) is 2.99. The topological polar surface area (TPSA) is 61.0 Å². The van der Waals surface area contributed by atoms with Gasteiger partial charge in [-0.05, 0) is 19.8 Å². The fourth-order valence-corrected chi connectivity index (χ4v) is 1.77. The molecule has 2 rings (SSSR count). The van der Waals surface area contributed by atoms with Crippen LogP contribution in [0.3, 0.4) is 0 Å². The van der Waals surface area contributed by atoms with Gasteiger partial charge in [0.2, 0.25) is 0 Å². The van der Waals surface area contributed by atoms with Crippen molar-refractivity contribution in [2.75, 3.05) is 0 Å². The maximum atomic E-state index is 5.62. The summed E-state index contributed by atoms with van der Waals surface area (Å²) in [5.74, 6) is 0. The molecule has 66 valence electrons. The minimum Gasteiger partial charge on any atom is -0.466 e. The number of nitrogens with zero attached hydrogens (tertiary/aromatic N) is 2. The van der Waals surface area contributed by atoms with Crippen molar-refractivity contribution < 1.29 is 4.74 Å². The van der Waals surface area contributed by atoms with Crippen LogP contribution in [0.2, 0.25) is 0 Å². The highest BCUT2D eigenvalue weighted by atomic mass is 32.1. The average Bonchev–Trinajstić information content (AvgIpc) is 2.33. The predicted octanol–water partition coefficient (Wildman–Crippen LogP) is 0.715. The van der Waals surface area contributed by atoms with Crippen molar-refractivity contribution in [1.82, 2.24) is 10.2 Å². The SMILES string of the molecule is Cc1nnc(OC2CC(N)C2)s1. The molecule has 1 aromatic rings. The number of hydrogen-bond acceptors (Lipinski definition) is 5. The summed E-state index contributed by atoms with van der Waals surface area (Å²) in [7, 11) is 0. The Kier molecular flexibility index (Phi) is 1.98. The molecule has 0 aromatic carbocycles. The van der Waals surface area contributed by atoms with Crippen molar-refractivity contribution in [2.24, 2.45) is 5.73 Å². The van der Waals surface area contributed by atoms with Crippen LogP contribution in [0.1, 0.15) is 17.8 Å². The average molecular weight is 185 g/mol. The summed E-state index contributed by atoms with van der Waals surface area (Å²) < 4.78 is 5.51. The third-order valence-electron chi connectivity index (χ3n) is 1.91. The summed E-state index contributed by atoms with van der Waals surface area (Å²) in [4.78, 5) is 0. The van der Waals surface area contributed by atoms with Crippen molar-refractivity contribution in [3.63, 3.8) is 0 Å². The van der Waals surface area contributed by atoms with Gasteiger partial charge in [0.1, 0.15) is 11.1 Å². The minimum absolute atomic E-state index is 0.271. The molecule has 0 unspecified atom stereocenters. The number of ether oxygens (including phenoxy) is 1. The Hall–Kier alpha value is -0.680. The molecule has 1 heterocycles. The number of hydrogen-bond donors (Lipinski definition) is 1. The van der Waals surface area contributed by atoms with Gasteiger partial charge in [-0.1, -0.05) is 11.3 Å². The Morgan fingerprint density at radius 3 is 2.75 bits per heavy atom. The first-order valence-electron chi connectivity index (χ1n) is 3.96. The maximum absolute atomic E-state index is 5.62. The Labute approximate surface area is 74.8 Å². The molecular weight excluding hydrogens is 174 g/mol. The first-order valence-corrected chi connectivity index (χ1v) is 4.78. The first-order chi connectivity index (χ1) is 5.74. The molecule has 0 saturated heterocycles. The van der Waals surface area contributed by atoms with Crippen LogP contribution in [0.5, 0.6) is 5.19 Å². The highest BCUT2D eigenvalue weighted by Crippen LogP contribution is 2.26. The lowest BCUT2D eigenvalue weighted by Gasteiger charge is -2.31. The van der Waals surface area contributed by atoms with Gasteiger partial charge in [-0.15, -0.1) is 10.2 Å². The standard InChI is InChI=1S/C7H11N3OS/c1-4-9-10-7(12-4)11-6-2-5(8)3-6/h5-6H,2-3,8H2,1H3. The largest absolute Gasteiger partial charge is 0.466 e. The Balaban J connectivity index is 1.88. The van der Waals surface area contributed by atoms with Gasteiger partial charge < -0.3 is 10.5 Å². The summed E-state index contributed by atoms with van der Waals surface area (Å²) in [5, 5.41) is 9.34. The summed E-state index contributed by atoms with van der Waals surface area (Å²) in [5.41, 5.74) is 5.62. The molecule has 0 aliphatic heterocycles. The quantitative estimate of drug-likeness (QED) is 0.737. The molecule has 0 amide bonds. The highest BCUT2D eigenvalue weighted by Gasteiger charge is 2.28. The van der Waals surface area contributed by atoms with Crippen LogP contribution in [-0.4, -0.2) is 22.3 Å². The Morgan fingerprint density at radius 2 is 2.25 bits per heavy atom. The van der Waals surface area contributed by atoms with Crippen molar-refractivity contribution in [2.45, 2.75) is 31.9 Å². The molecule has 0 radical (unpaired) electrons. The molecule has 1 aliphatic carbocycles. The fourth-order valence-electron chi connectivity index (χ4n) is 1.17. The van der Waals surface area contributed by atoms with E-state index in [1.165, 1.54) is 11.3 Å². The lowest BCUT2D eigenvalue weighted by Crippen LogP contribution is -2.43. The fraction of sp³-hybridized carbons (Fsp3) is 0.714. The molecule has 1 aliphatic rings. The van der Waals surface area contributed by atoms with Gasteiger partial charge in [0.05, 0.1) is 0 Å². The van der Waals surface area contributed by atoms with Gasteiger partial charge >= 0.3 is 0 Å². The van der Waals surface area contributed by atoms with E-state index >= 15 is 0 Å². The van der Waals surface area contributed by atoms with E-state index in [4.69, 9.17) is 10.5 Å². The molecule has 1 aromatic heterocycles. The second-order valence-electron chi connectivity index (χ2n) is 3.06. The van der Waals surface area contributed by atoms with E-state index in [2.05, 4.69) is 10.2 Å². The van der Waals surface area contributed by atoms with E-state index in [9.17, 15) is 0 Å². The molecule has 1 saturated carbocycles. The molecule has 1 fully saturated rings. The number of rotatable bonds is 2. The zero-order valence-corrected chi connectivity index (χ0v) is 7.67. The van der Waals surface area contributed by atoms with Crippen LogP contribution in [-0.2, 0) is 0 Å². The van der Waals surface area contributed by atoms with E-state index in [0.717, 1.165) is 17.8 Å². The number of nitrogens with two attached hydrogens (primary N) is 1. The van der Waals surface area contributed by atoms with Crippen LogP contribution < -0.4 is 10.5 Å². The van der Waals surface area contributed by atoms with Gasteiger partial charge in [-0.2, -0.15) is 0 Å². The van der Waals surface area contributed by atoms with Crippen molar-refractivity contribution >= 4 is 11.3 Å². The lowest BCUT2D eigenvalue weighted by atomic mass is 9.90. The minimum atomic E-state index is 0.271. The van der Waals surface area contributed by atoms with E-state index in [1.807, 2.05) is 6.92 Å². The maximum Gasteiger partial charge on any atom is 0.294 e. The number of aryl methyl sites for hydroxylation is 1. The molecule has 4 nitrogen and oxygen atoms in total. The van der Waals surface area contributed by atoms with E-state index < -0.39 is 0 Å².